The zero-order valence-corrected chi connectivity index (χ0v) is 8.39. The number of nitrogens with zero attached hydrogens (tertiary/aromatic N) is 1. The van der Waals surface area contributed by atoms with Gasteiger partial charge in [0.25, 0.3) is 0 Å². The number of carbonyl (C=O) groups is 1. The summed E-state index contributed by atoms with van der Waals surface area (Å²) in [4.78, 5) is 15.7. The van der Waals surface area contributed by atoms with Gasteiger partial charge in [-0.05, 0) is 13.8 Å². The van der Waals surface area contributed by atoms with E-state index < -0.39 is 12.0 Å². The summed E-state index contributed by atoms with van der Waals surface area (Å²) in [6.45, 7) is 3.84. The van der Waals surface area contributed by atoms with Crippen LogP contribution in [-0.2, 0) is 4.79 Å². The Hall–Kier alpha value is -0.940. The van der Waals surface area contributed by atoms with Gasteiger partial charge in [-0.15, -0.1) is 11.3 Å². The monoisotopic (exact) mass is 200 g/mol. The molecule has 4 nitrogen and oxygen atoms in total. The van der Waals surface area contributed by atoms with Crippen molar-refractivity contribution >= 4 is 17.3 Å². The fourth-order valence-corrected chi connectivity index (χ4v) is 1.86. The molecule has 0 saturated carbocycles. The molecule has 0 spiro atoms. The zero-order valence-electron chi connectivity index (χ0n) is 7.57. The number of hydrogen-bond acceptors (Lipinski definition) is 4. The van der Waals surface area contributed by atoms with Crippen molar-refractivity contribution < 1.29 is 9.90 Å². The normalized spacial score (nSPS) is 12.8. The van der Waals surface area contributed by atoms with Crippen molar-refractivity contribution in [3.8, 4) is 0 Å². The third kappa shape index (κ3) is 2.50. The van der Waals surface area contributed by atoms with Gasteiger partial charge >= 0.3 is 5.97 Å². The summed E-state index contributed by atoms with van der Waals surface area (Å²) in [7, 11) is 0. The van der Waals surface area contributed by atoms with E-state index >= 15 is 0 Å². The van der Waals surface area contributed by atoms with E-state index in [-0.39, 0.29) is 6.42 Å². The lowest BCUT2D eigenvalue weighted by molar-refractivity contribution is -0.137. The molecule has 3 N–H and O–H groups in total. The van der Waals surface area contributed by atoms with Crippen molar-refractivity contribution in [2.45, 2.75) is 26.3 Å². The molecular weight excluding hydrogens is 188 g/mol. The second-order valence-corrected chi connectivity index (χ2v) is 4.13. The van der Waals surface area contributed by atoms with Gasteiger partial charge in [-0.3, -0.25) is 4.79 Å². The first-order valence-corrected chi connectivity index (χ1v) is 4.73. The lowest BCUT2D eigenvalue weighted by Crippen LogP contribution is -2.14. The van der Waals surface area contributed by atoms with Crippen LogP contribution in [-0.4, -0.2) is 16.1 Å². The summed E-state index contributed by atoms with van der Waals surface area (Å²) in [5, 5.41) is 9.22. The molecule has 0 aromatic carbocycles. The summed E-state index contributed by atoms with van der Waals surface area (Å²) in [6, 6.07) is -0.477. The number of carboxylic acids is 1. The number of thiazole rings is 1. The molecule has 0 aliphatic rings. The number of hydrogen-bond donors (Lipinski definition) is 2. The third-order valence-electron chi connectivity index (χ3n) is 1.76. The van der Waals surface area contributed by atoms with Crippen molar-refractivity contribution in [1.29, 1.82) is 0 Å². The van der Waals surface area contributed by atoms with Gasteiger partial charge in [-0.2, -0.15) is 0 Å². The van der Waals surface area contributed by atoms with E-state index in [4.69, 9.17) is 10.8 Å². The molecule has 1 aromatic heterocycles. The SMILES string of the molecule is Cc1nc([C@@H](N)CC(=O)O)sc1C. The van der Waals surface area contributed by atoms with Crippen LogP contribution in [0.2, 0.25) is 0 Å². The first kappa shape index (κ1) is 10.1. The topological polar surface area (TPSA) is 76.2 Å². The molecule has 1 atom stereocenters. The van der Waals surface area contributed by atoms with E-state index in [2.05, 4.69) is 4.98 Å². The van der Waals surface area contributed by atoms with E-state index in [0.29, 0.717) is 5.01 Å². The highest BCUT2D eigenvalue weighted by molar-refractivity contribution is 7.11. The van der Waals surface area contributed by atoms with E-state index in [0.717, 1.165) is 10.6 Å². The highest BCUT2D eigenvalue weighted by Crippen LogP contribution is 2.22. The molecule has 72 valence electrons. The molecule has 13 heavy (non-hydrogen) atoms. The van der Waals surface area contributed by atoms with Crippen molar-refractivity contribution in [2.75, 3.05) is 0 Å². The van der Waals surface area contributed by atoms with Gasteiger partial charge in [0.2, 0.25) is 0 Å². The van der Waals surface area contributed by atoms with Crippen LogP contribution in [0, 0.1) is 13.8 Å². The smallest absolute Gasteiger partial charge is 0.305 e. The van der Waals surface area contributed by atoms with Crippen LogP contribution in [0.4, 0.5) is 0 Å². The summed E-state index contributed by atoms with van der Waals surface area (Å²) < 4.78 is 0. The Balaban J connectivity index is 2.77. The molecule has 0 aliphatic heterocycles. The predicted octanol–water partition coefficient (Wildman–Crippen LogP) is 1.23. The average molecular weight is 200 g/mol. The molecule has 0 bridgehead atoms. The highest BCUT2D eigenvalue weighted by atomic mass is 32.1. The molecule has 5 heteroatoms. The van der Waals surface area contributed by atoms with Crippen molar-refractivity contribution in [3.05, 3.63) is 15.6 Å². The first-order chi connectivity index (χ1) is 6.00. The van der Waals surface area contributed by atoms with Crippen LogP contribution >= 0.6 is 11.3 Å². The van der Waals surface area contributed by atoms with Crippen molar-refractivity contribution in [3.63, 3.8) is 0 Å². The molecule has 1 heterocycles. The van der Waals surface area contributed by atoms with Crippen LogP contribution in [0.5, 0.6) is 0 Å². The second kappa shape index (κ2) is 3.85. The third-order valence-corrected chi connectivity index (χ3v) is 2.96. The van der Waals surface area contributed by atoms with Crippen LogP contribution in [0.15, 0.2) is 0 Å². The first-order valence-electron chi connectivity index (χ1n) is 3.92. The summed E-state index contributed by atoms with van der Waals surface area (Å²) >= 11 is 1.46. The number of aromatic nitrogens is 1. The summed E-state index contributed by atoms with van der Waals surface area (Å²) in [6.07, 6.45) is -0.0631. The van der Waals surface area contributed by atoms with Gasteiger partial charge in [0.15, 0.2) is 0 Å². The maximum absolute atomic E-state index is 10.4. The minimum Gasteiger partial charge on any atom is -0.481 e. The number of nitrogens with two attached hydrogens (primary N) is 1. The number of aryl methyl sites for hydroxylation is 2. The Bertz CT molecular complexity index is 302. The molecular formula is C8H12N2O2S. The van der Waals surface area contributed by atoms with Gasteiger partial charge in [-0.25, -0.2) is 4.98 Å². The quantitative estimate of drug-likeness (QED) is 0.769. The summed E-state index contributed by atoms with van der Waals surface area (Å²) in [5.41, 5.74) is 6.58. The Morgan fingerprint density at radius 3 is 2.69 bits per heavy atom. The van der Waals surface area contributed by atoms with E-state index in [1.54, 1.807) is 0 Å². The maximum Gasteiger partial charge on any atom is 0.305 e. The van der Waals surface area contributed by atoms with Crippen LogP contribution in [0.25, 0.3) is 0 Å². The average Bonchev–Trinajstić information content (AvgIpc) is 2.31. The van der Waals surface area contributed by atoms with Crippen molar-refractivity contribution in [2.24, 2.45) is 5.73 Å². The van der Waals surface area contributed by atoms with Crippen LogP contribution in [0.3, 0.4) is 0 Å². The Labute approximate surface area is 80.4 Å². The number of carboxylic acid groups (broad SMARTS) is 1. The van der Waals surface area contributed by atoms with E-state index in [9.17, 15) is 4.79 Å². The molecule has 0 radical (unpaired) electrons. The van der Waals surface area contributed by atoms with E-state index in [1.807, 2.05) is 13.8 Å². The predicted molar refractivity (Wildman–Crippen MR) is 50.8 cm³/mol. The molecule has 1 aromatic rings. The van der Waals surface area contributed by atoms with Crippen molar-refractivity contribution in [1.82, 2.24) is 4.98 Å². The molecule has 0 amide bonds. The fraction of sp³-hybridized carbons (Fsp3) is 0.500. The Morgan fingerprint density at radius 1 is 1.69 bits per heavy atom. The molecule has 0 fully saturated rings. The molecule has 0 saturated heterocycles. The zero-order chi connectivity index (χ0) is 10.0. The molecule has 1 rings (SSSR count). The van der Waals surface area contributed by atoms with Crippen LogP contribution in [0.1, 0.15) is 28.0 Å². The lowest BCUT2D eigenvalue weighted by Gasteiger charge is -2.02. The second-order valence-electron chi connectivity index (χ2n) is 2.90. The Morgan fingerprint density at radius 2 is 2.31 bits per heavy atom. The fourth-order valence-electron chi connectivity index (χ4n) is 0.932. The maximum atomic E-state index is 10.4. The van der Waals surface area contributed by atoms with Gasteiger partial charge in [0, 0.05) is 4.88 Å². The van der Waals surface area contributed by atoms with Gasteiger partial charge < -0.3 is 10.8 Å². The summed E-state index contributed by atoms with van der Waals surface area (Å²) in [5.74, 6) is -0.891. The Kier molecular flexibility index (Phi) is 3.00. The van der Waals surface area contributed by atoms with Crippen LogP contribution < -0.4 is 5.73 Å². The number of aliphatic carboxylic acids is 1. The van der Waals surface area contributed by atoms with E-state index in [1.165, 1.54) is 11.3 Å². The number of rotatable bonds is 3. The van der Waals surface area contributed by atoms with Gasteiger partial charge in [0.1, 0.15) is 5.01 Å². The van der Waals surface area contributed by atoms with Gasteiger partial charge in [0.05, 0.1) is 18.2 Å². The minimum absolute atomic E-state index is 0.0631. The van der Waals surface area contributed by atoms with Gasteiger partial charge in [-0.1, -0.05) is 0 Å². The highest BCUT2D eigenvalue weighted by Gasteiger charge is 2.15. The molecule has 0 unspecified atom stereocenters. The minimum atomic E-state index is -0.891. The standard InChI is InChI=1S/C8H12N2O2S/c1-4-5(2)13-8(10-4)6(9)3-7(11)12/h6H,3,9H2,1-2H3,(H,11,12)/t6-/m0/s1. The lowest BCUT2D eigenvalue weighted by atomic mass is 10.2. The largest absolute Gasteiger partial charge is 0.481 e. The molecule has 0 aliphatic carbocycles.